The molecule has 0 fully saturated rings. The highest BCUT2D eigenvalue weighted by molar-refractivity contribution is 5.30. The average molecular weight is 251 g/mol. The van der Waals surface area contributed by atoms with Gasteiger partial charge in [-0.3, -0.25) is 0 Å². The molecule has 18 heavy (non-hydrogen) atoms. The van der Waals surface area contributed by atoms with Crippen molar-refractivity contribution >= 4 is 0 Å². The van der Waals surface area contributed by atoms with Crippen molar-refractivity contribution in [1.82, 2.24) is 0 Å². The lowest BCUT2D eigenvalue weighted by molar-refractivity contribution is 0.0925. The largest absolute Gasteiger partial charge is 0.491 e. The Kier molecular flexibility index (Phi) is 6.76. The summed E-state index contributed by atoms with van der Waals surface area (Å²) in [4.78, 5) is 0. The Morgan fingerprint density at radius 3 is 2.56 bits per heavy atom. The van der Waals surface area contributed by atoms with Gasteiger partial charge >= 0.3 is 0 Å². The van der Waals surface area contributed by atoms with Crippen LogP contribution in [0.15, 0.2) is 24.3 Å². The summed E-state index contributed by atoms with van der Waals surface area (Å²) in [5.74, 6) is 1.55. The molecule has 0 heterocycles. The van der Waals surface area contributed by atoms with Crippen molar-refractivity contribution in [2.75, 3.05) is 19.8 Å². The summed E-state index contributed by atoms with van der Waals surface area (Å²) >= 11 is 0. The zero-order valence-corrected chi connectivity index (χ0v) is 11.7. The van der Waals surface area contributed by atoms with Gasteiger partial charge in [0.2, 0.25) is 0 Å². The Hall–Kier alpha value is -1.06. The summed E-state index contributed by atoms with van der Waals surface area (Å²) in [5, 5.41) is 0. The first-order valence-corrected chi connectivity index (χ1v) is 6.65. The predicted octanol–water partition coefficient (Wildman–Crippen LogP) is 3.15. The monoisotopic (exact) mass is 251 g/mol. The van der Waals surface area contributed by atoms with E-state index in [4.69, 9.17) is 15.2 Å². The molecule has 0 aliphatic heterocycles. The summed E-state index contributed by atoms with van der Waals surface area (Å²) in [7, 11) is 0. The molecule has 0 amide bonds. The minimum Gasteiger partial charge on any atom is -0.491 e. The zero-order valence-electron chi connectivity index (χ0n) is 11.7. The third-order valence-electron chi connectivity index (χ3n) is 2.72. The van der Waals surface area contributed by atoms with Crippen LogP contribution in [0.25, 0.3) is 0 Å². The fourth-order valence-electron chi connectivity index (χ4n) is 1.53. The van der Waals surface area contributed by atoms with Crippen molar-refractivity contribution < 1.29 is 9.47 Å². The van der Waals surface area contributed by atoms with Gasteiger partial charge in [-0.05, 0) is 37.0 Å². The highest BCUT2D eigenvalue weighted by atomic mass is 16.5. The van der Waals surface area contributed by atoms with Crippen LogP contribution in [0.1, 0.15) is 38.8 Å². The number of rotatable bonds is 8. The van der Waals surface area contributed by atoms with Crippen LogP contribution < -0.4 is 10.5 Å². The fourth-order valence-corrected chi connectivity index (χ4v) is 1.53. The van der Waals surface area contributed by atoms with E-state index in [0.29, 0.717) is 19.1 Å². The summed E-state index contributed by atoms with van der Waals surface area (Å²) in [6.45, 7) is 8.38. The van der Waals surface area contributed by atoms with Gasteiger partial charge in [0.1, 0.15) is 12.4 Å². The van der Waals surface area contributed by atoms with Crippen molar-refractivity contribution in [3.8, 4) is 5.75 Å². The molecule has 0 aliphatic carbocycles. The number of nitrogens with two attached hydrogens (primary N) is 1. The molecule has 0 aromatic heterocycles. The molecular weight excluding hydrogens is 226 g/mol. The van der Waals surface area contributed by atoms with E-state index in [1.807, 2.05) is 31.2 Å². The summed E-state index contributed by atoms with van der Waals surface area (Å²) in [5.41, 5.74) is 6.92. The molecule has 0 unspecified atom stereocenters. The highest BCUT2D eigenvalue weighted by Crippen LogP contribution is 2.17. The van der Waals surface area contributed by atoms with Gasteiger partial charge < -0.3 is 15.2 Å². The van der Waals surface area contributed by atoms with Gasteiger partial charge in [0.15, 0.2) is 0 Å². The van der Waals surface area contributed by atoms with Crippen LogP contribution in [-0.2, 0) is 4.74 Å². The van der Waals surface area contributed by atoms with Gasteiger partial charge in [-0.2, -0.15) is 0 Å². The third kappa shape index (κ3) is 6.03. The maximum atomic E-state index is 5.83. The molecule has 3 nitrogen and oxygen atoms in total. The van der Waals surface area contributed by atoms with Crippen LogP contribution in [0.2, 0.25) is 0 Å². The minimum absolute atomic E-state index is 0.0378. The van der Waals surface area contributed by atoms with Crippen molar-refractivity contribution in [1.29, 1.82) is 0 Å². The summed E-state index contributed by atoms with van der Waals surface area (Å²) < 4.78 is 11.1. The molecule has 1 aromatic rings. The van der Waals surface area contributed by atoms with Gasteiger partial charge in [-0.1, -0.05) is 26.0 Å². The first kappa shape index (κ1) is 15.0. The van der Waals surface area contributed by atoms with Crippen LogP contribution in [0, 0.1) is 5.92 Å². The number of ether oxygens (including phenoxy) is 2. The van der Waals surface area contributed by atoms with Gasteiger partial charge in [-0.15, -0.1) is 0 Å². The zero-order chi connectivity index (χ0) is 13.4. The molecule has 0 radical (unpaired) electrons. The molecular formula is C15H25NO2. The smallest absolute Gasteiger partial charge is 0.119 e. The van der Waals surface area contributed by atoms with E-state index in [1.54, 1.807) is 0 Å². The first-order valence-electron chi connectivity index (χ1n) is 6.65. The molecule has 0 spiro atoms. The van der Waals surface area contributed by atoms with Crippen LogP contribution in [0.3, 0.4) is 0 Å². The molecule has 1 rings (SSSR count). The van der Waals surface area contributed by atoms with Crippen molar-refractivity contribution in [3.05, 3.63) is 29.8 Å². The van der Waals surface area contributed by atoms with Gasteiger partial charge in [0, 0.05) is 12.6 Å². The van der Waals surface area contributed by atoms with Crippen molar-refractivity contribution in [2.24, 2.45) is 11.7 Å². The molecule has 102 valence electrons. The maximum absolute atomic E-state index is 5.83. The van der Waals surface area contributed by atoms with Crippen LogP contribution in [0.4, 0.5) is 0 Å². The first-order chi connectivity index (χ1) is 8.59. The molecule has 0 saturated heterocycles. The van der Waals surface area contributed by atoms with Gasteiger partial charge in [-0.25, -0.2) is 0 Å². The second kappa shape index (κ2) is 8.11. The SMILES string of the molecule is CC(C)CCOCCOc1cccc([C@@H](C)N)c1. The standard InChI is InChI=1S/C15H25NO2/c1-12(2)7-8-17-9-10-18-15-6-4-5-14(11-15)13(3)16/h4-6,11-13H,7-10,16H2,1-3H3/t13-/m1/s1. The molecule has 0 bridgehead atoms. The second-order valence-electron chi connectivity index (χ2n) is 5.00. The number of benzene rings is 1. The quantitative estimate of drug-likeness (QED) is 0.722. The molecule has 1 aromatic carbocycles. The lowest BCUT2D eigenvalue weighted by Crippen LogP contribution is -2.09. The summed E-state index contributed by atoms with van der Waals surface area (Å²) in [6, 6.07) is 7.94. The second-order valence-corrected chi connectivity index (χ2v) is 5.00. The van der Waals surface area contributed by atoms with Crippen molar-refractivity contribution in [3.63, 3.8) is 0 Å². The van der Waals surface area contributed by atoms with Crippen LogP contribution in [-0.4, -0.2) is 19.8 Å². The third-order valence-corrected chi connectivity index (χ3v) is 2.72. The summed E-state index contributed by atoms with van der Waals surface area (Å²) in [6.07, 6.45) is 1.10. The molecule has 0 saturated carbocycles. The topological polar surface area (TPSA) is 44.5 Å². The van der Waals surface area contributed by atoms with E-state index < -0.39 is 0 Å². The van der Waals surface area contributed by atoms with Crippen molar-refractivity contribution in [2.45, 2.75) is 33.2 Å². The average Bonchev–Trinajstić information content (AvgIpc) is 2.33. The normalized spacial score (nSPS) is 12.7. The van der Waals surface area contributed by atoms with Crippen LogP contribution in [0.5, 0.6) is 5.75 Å². The highest BCUT2D eigenvalue weighted by Gasteiger charge is 2.01. The molecule has 0 aliphatic rings. The van der Waals surface area contributed by atoms with Crippen LogP contribution >= 0.6 is 0 Å². The predicted molar refractivity (Wildman–Crippen MR) is 74.8 cm³/mol. The van der Waals surface area contributed by atoms with E-state index in [9.17, 15) is 0 Å². The molecule has 1 atom stereocenters. The Morgan fingerprint density at radius 2 is 1.89 bits per heavy atom. The number of hydrogen-bond acceptors (Lipinski definition) is 3. The van der Waals surface area contributed by atoms with E-state index in [1.165, 1.54) is 0 Å². The van der Waals surface area contributed by atoms with E-state index in [0.717, 1.165) is 24.3 Å². The maximum Gasteiger partial charge on any atom is 0.119 e. The number of hydrogen-bond donors (Lipinski definition) is 1. The lowest BCUT2D eigenvalue weighted by Gasteiger charge is -2.10. The van der Waals surface area contributed by atoms with E-state index in [-0.39, 0.29) is 6.04 Å². The van der Waals surface area contributed by atoms with Gasteiger partial charge in [0.05, 0.1) is 6.61 Å². The molecule has 2 N–H and O–H groups in total. The Labute approximate surface area is 110 Å². The van der Waals surface area contributed by atoms with Gasteiger partial charge in [0.25, 0.3) is 0 Å². The Morgan fingerprint density at radius 1 is 1.11 bits per heavy atom. The fraction of sp³-hybridized carbons (Fsp3) is 0.600. The molecule has 3 heteroatoms. The van der Waals surface area contributed by atoms with E-state index >= 15 is 0 Å². The Bertz CT molecular complexity index is 337. The minimum atomic E-state index is 0.0378. The van der Waals surface area contributed by atoms with E-state index in [2.05, 4.69) is 13.8 Å². The lowest BCUT2D eigenvalue weighted by atomic mass is 10.1. The Balaban J connectivity index is 2.21.